The molecule has 104 valence electrons. The maximum absolute atomic E-state index is 13.0. The molecule has 1 unspecified atom stereocenters. The second kappa shape index (κ2) is 6.06. The Kier molecular flexibility index (Phi) is 4.40. The first kappa shape index (κ1) is 14.5. The van der Waals surface area contributed by atoms with Crippen molar-refractivity contribution in [2.24, 2.45) is 0 Å². The maximum Gasteiger partial charge on any atom is 0.234 e. The van der Waals surface area contributed by atoms with E-state index in [9.17, 15) is 9.18 Å². The summed E-state index contributed by atoms with van der Waals surface area (Å²) in [7, 11) is 1.64. The van der Waals surface area contributed by atoms with Crippen LogP contribution in [0.5, 0.6) is 0 Å². The van der Waals surface area contributed by atoms with E-state index in [1.54, 1.807) is 7.05 Å². The summed E-state index contributed by atoms with van der Waals surface area (Å²) in [5.41, 5.74) is 1.43. The zero-order valence-electron chi connectivity index (χ0n) is 11.3. The van der Waals surface area contributed by atoms with Crippen molar-refractivity contribution in [2.45, 2.75) is 12.8 Å². The van der Waals surface area contributed by atoms with Crippen LogP contribution in [0, 0.1) is 5.82 Å². The van der Waals surface area contributed by atoms with Crippen molar-refractivity contribution in [1.29, 1.82) is 0 Å². The van der Waals surface area contributed by atoms with Gasteiger partial charge in [0.15, 0.2) is 0 Å². The van der Waals surface area contributed by atoms with Crippen LogP contribution < -0.4 is 4.90 Å². The van der Waals surface area contributed by atoms with E-state index < -0.39 is 5.82 Å². The Morgan fingerprint density at radius 2 is 1.85 bits per heavy atom. The van der Waals surface area contributed by atoms with E-state index in [2.05, 4.69) is 0 Å². The summed E-state index contributed by atoms with van der Waals surface area (Å²) in [6.45, 7) is 1.84. The van der Waals surface area contributed by atoms with Gasteiger partial charge in [-0.1, -0.05) is 41.9 Å². The monoisotopic (exact) mass is 291 g/mol. The molecular weight excluding hydrogens is 277 g/mol. The molecule has 0 spiro atoms. The van der Waals surface area contributed by atoms with Crippen LogP contribution in [0.4, 0.5) is 10.1 Å². The number of likely N-dealkylation sites (N-methyl/N-ethyl adjacent to an activating group) is 1. The summed E-state index contributed by atoms with van der Waals surface area (Å²) in [6.07, 6.45) is 0. The molecule has 2 aromatic rings. The number of amides is 1. The summed E-state index contributed by atoms with van der Waals surface area (Å²) < 4.78 is 13.0. The van der Waals surface area contributed by atoms with Crippen LogP contribution in [0.15, 0.2) is 48.5 Å². The van der Waals surface area contributed by atoms with Gasteiger partial charge in [-0.25, -0.2) is 4.39 Å². The first-order valence-electron chi connectivity index (χ1n) is 6.28. The van der Waals surface area contributed by atoms with Gasteiger partial charge in [-0.3, -0.25) is 4.79 Å². The topological polar surface area (TPSA) is 20.3 Å². The molecule has 2 nitrogen and oxygen atoms in total. The predicted molar refractivity (Wildman–Crippen MR) is 79.7 cm³/mol. The van der Waals surface area contributed by atoms with Gasteiger partial charge in [0.05, 0.1) is 16.6 Å². The summed E-state index contributed by atoms with van der Waals surface area (Å²) in [5.74, 6) is -0.803. The Morgan fingerprint density at radius 3 is 2.45 bits per heavy atom. The molecule has 0 radical (unpaired) electrons. The van der Waals surface area contributed by atoms with Gasteiger partial charge < -0.3 is 4.90 Å². The highest BCUT2D eigenvalue weighted by atomic mass is 35.5. The van der Waals surface area contributed by atoms with Crippen molar-refractivity contribution < 1.29 is 9.18 Å². The van der Waals surface area contributed by atoms with Crippen molar-refractivity contribution >= 4 is 23.2 Å². The van der Waals surface area contributed by atoms with Gasteiger partial charge in [0.1, 0.15) is 5.82 Å². The van der Waals surface area contributed by atoms with Gasteiger partial charge in [-0.05, 0) is 30.7 Å². The number of hydrogen-bond donors (Lipinski definition) is 0. The molecule has 0 bridgehead atoms. The number of hydrogen-bond acceptors (Lipinski definition) is 1. The summed E-state index contributed by atoms with van der Waals surface area (Å²) >= 11 is 5.99. The van der Waals surface area contributed by atoms with Crippen LogP contribution >= 0.6 is 11.6 Å². The zero-order valence-corrected chi connectivity index (χ0v) is 12.1. The molecule has 2 aromatic carbocycles. The van der Waals surface area contributed by atoms with E-state index in [-0.39, 0.29) is 16.8 Å². The molecule has 0 fully saturated rings. The predicted octanol–water partition coefficient (Wildman–Crippen LogP) is 4.25. The quantitative estimate of drug-likeness (QED) is 0.828. The first-order chi connectivity index (χ1) is 9.50. The first-order valence-corrected chi connectivity index (χ1v) is 6.66. The van der Waals surface area contributed by atoms with E-state index in [0.717, 1.165) is 5.56 Å². The van der Waals surface area contributed by atoms with E-state index in [0.29, 0.717) is 5.69 Å². The average molecular weight is 292 g/mol. The lowest BCUT2D eigenvalue weighted by atomic mass is 10.00. The minimum absolute atomic E-state index is 0.0929. The lowest BCUT2D eigenvalue weighted by Crippen LogP contribution is -2.30. The fourth-order valence-electron chi connectivity index (χ4n) is 2.05. The Hall–Kier alpha value is -1.87. The average Bonchev–Trinajstić information content (AvgIpc) is 2.46. The van der Waals surface area contributed by atoms with Gasteiger partial charge in [0, 0.05) is 7.05 Å². The smallest absolute Gasteiger partial charge is 0.234 e. The Bertz CT molecular complexity index is 615. The SMILES string of the molecule is CC(C(=O)N(C)c1ccc(F)cc1Cl)c1ccccc1. The number of anilines is 1. The fraction of sp³-hybridized carbons (Fsp3) is 0.188. The van der Waals surface area contributed by atoms with Gasteiger partial charge in [0.25, 0.3) is 0 Å². The summed E-state index contributed by atoms with van der Waals surface area (Å²) in [4.78, 5) is 13.9. The van der Waals surface area contributed by atoms with Crippen LogP contribution in [0.1, 0.15) is 18.4 Å². The van der Waals surface area contributed by atoms with E-state index in [1.165, 1.54) is 23.1 Å². The zero-order chi connectivity index (χ0) is 14.7. The van der Waals surface area contributed by atoms with Crippen LogP contribution in [-0.4, -0.2) is 13.0 Å². The molecular formula is C16H15ClFNO. The van der Waals surface area contributed by atoms with Crippen molar-refractivity contribution in [3.63, 3.8) is 0 Å². The molecule has 0 N–H and O–H groups in total. The van der Waals surface area contributed by atoms with Crippen molar-refractivity contribution in [1.82, 2.24) is 0 Å². The number of benzene rings is 2. The fourth-order valence-corrected chi connectivity index (χ4v) is 2.34. The molecule has 0 aliphatic carbocycles. The highest BCUT2D eigenvalue weighted by Crippen LogP contribution is 2.28. The second-order valence-electron chi connectivity index (χ2n) is 4.63. The molecule has 0 aliphatic rings. The second-order valence-corrected chi connectivity index (χ2v) is 5.03. The van der Waals surface area contributed by atoms with Crippen molar-refractivity contribution in [3.8, 4) is 0 Å². The Labute approximate surface area is 122 Å². The van der Waals surface area contributed by atoms with E-state index in [1.807, 2.05) is 37.3 Å². The normalized spacial score (nSPS) is 12.0. The standard InChI is InChI=1S/C16H15ClFNO/c1-11(12-6-4-3-5-7-12)16(20)19(2)15-9-8-13(18)10-14(15)17/h3-11H,1-2H3. The number of halogens is 2. The summed E-state index contributed by atoms with van der Waals surface area (Å²) in [6, 6.07) is 13.5. The van der Waals surface area contributed by atoms with Crippen LogP contribution in [0.25, 0.3) is 0 Å². The van der Waals surface area contributed by atoms with Crippen molar-refractivity contribution in [2.75, 3.05) is 11.9 Å². The van der Waals surface area contributed by atoms with Crippen LogP contribution in [0.3, 0.4) is 0 Å². The van der Waals surface area contributed by atoms with Gasteiger partial charge >= 0.3 is 0 Å². The largest absolute Gasteiger partial charge is 0.314 e. The lowest BCUT2D eigenvalue weighted by Gasteiger charge is -2.22. The Morgan fingerprint density at radius 1 is 1.20 bits per heavy atom. The minimum Gasteiger partial charge on any atom is -0.314 e. The molecule has 0 heterocycles. The highest BCUT2D eigenvalue weighted by Gasteiger charge is 2.21. The molecule has 1 amide bonds. The number of carbonyl (C=O) groups is 1. The third-order valence-corrected chi connectivity index (χ3v) is 3.57. The minimum atomic E-state index is -0.421. The third-order valence-electron chi connectivity index (χ3n) is 3.27. The molecule has 0 saturated carbocycles. The van der Waals surface area contributed by atoms with Crippen LogP contribution in [-0.2, 0) is 4.79 Å². The van der Waals surface area contributed by atoms with E-state index in [4.69, 9.17) is 11.6 Å². The molecule has 0 saturated heterocycles. The molecule has 0 aromatic heterocycles. The van der Waals surface area contributed by atoms with Crippen molar-refractivity contribution in [3.05, 3.63) is 64.9 Å². The third kappa shape index (κ3) is 2.99. The van der Waals surface area contributed by atoms with Gasteiger partial charge in [-0.2, -0.15) is 0 Å². The van der Waals surface area contributed by atoms with Gasteiger partial charge in [0.2, 0.25) is 5.91 Å². The lowest BCUT2D eigenvalue weighted by molar-refractivity contribution is -0.119. The number of rotatable bonds is 3. The van der Waals surface area contributed by atoms with Crippen LogP contribution in [0.2, 0.25) is 5.02 Å². The van der Waals surface area contributed by atoms with Gasteiger partial charge in [-0.15, -0.1) is 0 Å². The highest BCUT2D eigenvalue weighted by molar-refractivity contribution is 6.33. The van der Waals surface area contributed by atoms with E-state index >= 15 is 0 Å². The molecule has 0 aliphatic heterocycles. The number of nitrogens with zero attached hydrogens (tertiary/aromatic N) is 1. The summed E-state index contributed by atoms with van der Waals surface area (Å²) in [5, 5.41) is 0.223. The molecule has 20 heavy (non-hydrogen) atoms. The number of carbonyl (C=O) groups excluding carboxylic acids is 1. The maximum atomic E-state index is 13.0. The molecule has 2 rings (SSSR count). The molecule has 4 heteroatoms. The Balaban J connectivity index is 2.24. The molecule has 1 atom stereocenters.